The van der Waals surface area contributed by atoms with Gasteiger partial charge in [0.15, 0.2) is 0 Å². The first-order chi connectivity index (χ1) is 13.4. The van der Waals surface area contributed by atoms with E-state index in [1.807, 2.05) is 45.3 Å². The van der Waals surface area contributed by atoms with Crippen LogP contribution >= 0.6 is 11.6 Å². The second kappa shape index (κ2) is 9.54. The molecule has 1 N–H and O–H groups in total. The normalized spacial score (nSPS) is 17.8. The van der Waals surface area contributed by atoms with E-state index in [0.29, 0.717) is 24.0 Å². The van der Waals surface area contributed by atoms with E-state index in [9.17, 15) is 4.79 Å². The Morgan fingerprint density at radius 2 is 2.11 bits per heavy atom. The fourth-order valence-electron chi connectivity index (χ4n) is 3.46. The second-order valence-corrected chi connectivity index (χ2v) is 8.13. The third kappa shape index (κ3) is 5.56. The van der Waals surface area contributed by atoms with Gasteiger partial charge in [-0.05, 0) is 64.7 Å². The molecule has 1 unspecified atom stereocenters. The maximum Gasteiger partial charge on any atom is 0.226 e. The van der Waals surface area contributed by atoms with E-state index in [1.54, 1.807) is 0 Å². The lowest BCUT2D eigenvalue weighted by Gasteiger charge is -2.31. The molecule has 1 aromatic heterocycles. The number of piperidine rings is 1. The molecule has 0 aliphatic carbocycles. The maximum absolute atomic E-state index is 12.5. The van der Waals surface area contributed by atoms with Crippen molar-refractivity contribution < 1.29 is 9.21 Å². The average molecular weight is 405 g/mol. The minimum Gasteiger partial charge on any atom is -0.441 e. The number of nitrogens with zero attached hydrogens (tertiary/aromatic N) is 3. The van der Waals surface area contributed by atoms with Gasteiger partial charge in [-0.2, -0.15) is 0 Å². The zero-order valence-electron chi connectivity index (χ0n) is 16.9. The van der Waals surface area contributed by atoms with Gasteiger partial charge in [0.1, 0.15) is 5.76 Å². The van der Waals surface area contributed by atoms with E-state index in [4.69, 9.17) is 16.0 Å². The molecule has 0 radical (unpaired) electrons. The number of likely N-dealkylation sites (tertiary alicyclic amines) is 1. The van der Waals surface area contributed by atoms with Crippen molar-refractivity contribution in [3.8, 4) is 11.5 Å². The predicted molar refractivity (Wildman–Crippen MR) is 111 cm³/mol. The van der Waals surface area contributed by atoms with Crippen LogP contribution in [0, 0.1) is 12.8 Å². The summed E-state index contributed by atoms with van der Waals surface area (Å²) in [4.78, 5) is 21.5. The Labute approximate surface area is 171 Å². The molecule has 2 aromatic rings. The lowest BCUT2D eigenvalue weighted by Crippen LogP contribution is -2.44. The Bertz CT molecular complexity index is 788. The molecule has 1 aliphatic heterocycles. The number of halogens is 1. The number of aryl methyl sites for hydroxylation is 1. The number of aromatic nitrogens is 1. The molecule has 1 atom stereocenters. The molecule has 1 saturated heterocycles. The highest BCUT2D eigenvalue weighted by molar-refractivity contribution is 6.30. The summed E-state index contributed by atoms with van der Waals surface area (Å²) in [6.45, 7) is 5.92. The van der Waals surface area contributed by atoms with Crippen LogP contribution < -0.4 is 5.32 Å². The molecule has 1 fully saturated rings. The van der Waals surface area contributed by atoms with Crippen LogP contribution in [0.3, 0.4) is 0 Å². The number of amides is 1. The van der Waals surface area contributed by atoms with Gasteiger partial charge in [0.25, 0.3) is 0 Å². The van der Waals surface area contributed by atoms with Gasteiger partial charge in [0.2, 0.25) is 11.8 Å². The average Bonchev–Trinajstić information content (AvgIpc) is 3.02. The first kappa shape index (κ1) is 20.8. The first-order valence-electron chi connectivity index (χ1n) is 9.79. The smallest absolute Gasteiger partial charge is 0.226 e. The van der Waals surface area contributed by atoms with Crippen molar-refractivity contribution in [2.75, 3.05) is 40.3 Å². The van der Waals surface area contributed by atoms with Crippen molar-refractivity contribution in [1.29, 1.82) is 0 Å². The lowest BCUT2D eigenvalue weighted by atomic mass is 9.97. The highest BCUT2D eigenvalue weighted by Gasteiger charge is 2.26. The Hall–Kier alpha value is -1.89. The molecule has 7 heteroatoms. The summed E-state index contributed by atoms with van der Waals surface area (Å²) >= 11 is 5.96. The van der Waals surface area contributed by atoms with E-state index >= 15 is 0 Å². The van der Waals surface area contributed by atoms with Crippen molar-refractivity contribution in [2.24, 2.45) is 5.92 Å². The molecule has 6 nitrogen and oxygen atoms in total. The van der Waals surface area contributed by atoms with Gasteiger partial charge in [0, 0.05) is 36.8 Å². The van der Waals surface area contributed by atoms with Gasteiger partial charge in [-0.25, -0.2) is 4.98 Å². The van der Waals surface area contributed by atoms with Crippen molar-refractivity contribution in [2.45, 2.75) is 26.3 Å². The van der Waals surface area contributed by atoms with Gasteiger partial charge in [0.05, 0.1) is 11.6 Å². The SMILES string of the molecule is Cc1oc(-c2ccc(Cl)cc2)nc1CN1CCCC(C(=O)NCCN(C)C)C1. The van der Waals surface area contributed by atoms with E-state index < -0.39 is 0 Å². The molecule has 0 bridgehead atoms. The lowest BCUT2D eigenvalue weighted by molar-refractivity contribution is -0.126. The number of carbonyl (C=O) groups excluding carboxylic acids is 1. The third-order valence-electron chi connectivity index (χ3n) is 5.09. The molecule has 1 aliphatic rings. The van der Waals surface area contributed by atoms with Crippen LogP contribution in [0.2, 0.25) is 5.02 Å². The predicted octanol–water partition coefficient (Wildman–Crippen LogP) is 3.19. The van der Waals surface area contributed by atoms with Gasteiger partial charge >= 0.3 is 0 Å². The Morgan fingerprint density at radius 3 is 2.82 bits per heavy atom. The number of carbonyl (C=O) groups is 1. The number of benzene rings is 1. The number of oxazole rings is 1. The standard InChI is InChI=1S/C21H29ClN4O2/c1-15-19(24-21(28-15)16-6-8-18(22)9-7-16)14-26-11-4-5-17(13-26)20(27)23-10-12-25(2)3/h6-9,17H,4-5,10-14H2,1-3H3,(H,23,27). The van der Waals surface area contributed by atoms with Crippen molar-refractivity contribution in [3.05, 3.63) is 40.7 Å². The van der Waals surface area contributed by atoms with Crippen LogP contribution in [0.1, 0.15) is 24.3 Å². The van der Waals surface area contributed by atoms with Crippen LogP contribution in [0.15, 0.2) is 28.7 Å². The summed E-state index contributed by atoms with van der Waals surface area (Å²) in [6.07, 6.45) is 1.96. The minimum absolute atomic E-state index is 0.0406. The first-order valence-corrected chi connectivity index (χ1v) is 10.2. The van der Waals surface area contributed by atoms with Gasteiger partial charge in [-0.15, -0.1) is 0 Å². The molecule has 0 saturated carbocycles. The van der Waals surface area contributed by atoms with Crippen LogP contribution in [0.25, 0.3) is 11.5 Å². The van der Waals surface area contributed by atoms with E-state index in [-0.39, 0.29) is 11.8 Å². The zero-order chi connectivity index (χ0) is 20.1. The number of hydrogen-bond acceptors (Lipinski definition) is 5. The minimum atomic E-state index is 0.0406. The topological polar surface area (TPSA) is 61.6 Å². The van der Waals surface area contributed by atoms with Gasteiger partial charge in [-0.3, -0.25) is 9.69 Å². The maximum atomic E-state index is 12.5. The molecule has 152 valence electrons. The molecule has 2 heterocycles. The molecule has 1 aromatic carbocycles. The molecule has 0 spiro atoms. The second-order valence-electron chi connectivity index (χ2n) is 7.70. The quantitative estimate of drug-likeness (QED) is 0.767. The van der Waals surface area contributed by atoms with Crippen LogP contribution in [-0.4, -0.2) is 61.0 Å². The van der Waals surface area contributed by atoms with Crippen molar-refractivity contribution >= 4 is 17.5 Å². The molecular formula is C21H29ClN4O2. The third-order valence-corrected chi connectivity index (χ3v) is 5.34. The highest BCUT2D eigenvalue weighted by atomic mass is 35.5. The van der Waals surface area contributed by atoms with Crippen LogP contribution in [0.4, 0.5) is 0 Å². The fraction of sp³-hybridized carbons (Fsp3) is 0.524. The molecule has 28 heavy (non-hydrogen) atoms. The summed E-state index contributed by atoms with van der Waals surface area (Å²) in [6, 6.07) is 7.49. The van der Waals surface area contributed by atoms with E-state index in [2.05, 4.69) is 20.1 Å². The summed E-state index contributed by atoms with van der Waals surface area (Å²) < 4.78 is 5.87. The van der Waals surface area contributed by atoms with E-state index in [0.717, 1.165) is 49.5 Å². The summed E-state index contributed by atoms with van der Waals surface area (Å²) in [5, 5.41) is 3.75. The fourth-order valence-corrected chi connectivity index (χ4v) is 3.59. The molecular weight excluding hydrogens is 376 g/mol. The highest BCUT2D eigenvalue weighted by Crippen LogP contribution is 2.25. The summed E-state index contributed by atoms with van der Waals surface area (Å²) in [5.74, 6) is 1.63. The Morgan fingerprint density at radius 1 is 1.36 bits per heavy atom. The monoisotopic (exact) mass is 404 g/mol. The van der Waals surface area contributed by atoms with Crippen LogP contribution in [-0.2, 0) is 11.3 Å². The van der Waals surface area contributed by atoms with Crippen molar-refractivity contribution in [1.82, 2.24) is 20.1 Å². The van der Waals surface area contributed by atoms with E-state index in [1.165, 1.54) is 0 Å². The largest absolute Gasteiger partial charge is 0.441 e. The zero-order valence-corrected chi connectivity index (χ0v) is 17.6. The summed E-state index contributed by atoms with van der Waals surface area (Å²) in [7, 11) is 4.01. The number of rotatable bonds is 7. The Balaban J connectivity index is 1.59. The number of hydrogen-bond donors (Lipinski definition) is 1. The number of nitrogens with one attached hydrogen (secondary N) is 1. The molecule has 3 rings (SSSR count). The Kier molecular flexibility index (Phi) is 7.10. The summed E-state index contributed by atoms with van der Waals surface area (Å²) in [5.41, 5.74) is 1.84. The van der Waals surface area contributed by atoms with Crippen molar-refractivity contribution in [3.63, 3.8) is 0 Å². The van der Waals surface area contributed by atoms with Gasteiger partial charge in [-0.1, -0.05) is 11.6 Å². The number of likely N-dealkylation sites (N-methyl/N-ethyl adjacent to an activating group) is 1. The van der Waals surface area contributed by atoms with Crippen LogP contribution in [0.5, 0.6) is 0 Å². The molecule has 1 amide bonds. The van der Waals surface area contributed by atoms with Gasteiger partial charge < -0.3 is 14.6 Å².